The molecular weight excluding hydrogens is 276 g/mol. The number of para-hydroxylation sites is 1. The van der Waals surface area contributed by atoms with Gasteiger partial charge in [-0.05, 0) is 26.0 Å². The minimum absolute atomic E-state index is 0.0797. The van der Waals surface area contributed by atoms with Crippen molar-refractivity contribution in [1.29, 1.82) is 0 Å². The first-order valence-electron chi connectivity index (χ1n) is 7.28. The smallest absolute Gasteiger partial charge is 0.252 e. The van der Waals surface area contributed by atoms with Crippen LogP contribution in [0.1, 0.15) is 23.0 Å². The van der Waals surface area contributed by atoms with E-state index >= 15 is 0 Å². The molecule has 0 atom stereocenters. The molecule has 1 amide bonds. The SMILES string of the molecule is CCNC(=O)c1cc(-c2cnn(C)c2C)nc2ccccc12. The second kappa shape index (κ2) is 5.60. The summed E-state index contributed by atoms with van der Waals surface area (Å²) in [6, 6.07) is 9.54. The molecule has 0 unspecified atom stereocenters. The van der Waals surface area contributed by atoms with Crippen molar-refractivity contribution in [2.45, 2.75) is 13.8 Å². The summed E-state index contributed by atoms with van der Waals surface area (Å²) in [6.45, 7) is 4.50. The highest BCUT2D eigenvalue weighted by molar-refractivity contribution is 6.07. The molecule has 0 radical (unpaired) electrons. The fourth-order valence-electron chi connectivity index (χ4n) is 2.51. The molecule has 0 aliphatic rings. The van der Waals surface area contributed by atoms with Gasteiger partial charge in [-0.1, -0.05) is 18.2 Å². The highest BCUT2D eigenvalue weighted by atomic mass is 16.1. The maximum absolute atomic E-state index is 12.4. The van der Waals surface area contributed by atoms with Crippen molar-refractivity contribution in [2.24, 2.45) is 7.05 Å². The van der Waals surface area contributed by atoms with E-state index in [9.17, 15) is 4.79 Å². The van der Waals surface area contributed by atoms with Gasteiger partial charge < -0.3 is 5.32 Å². The molecule has 1 N–H and O–H groups in total. The van der Waals surface area contributed by atoms with Gasteiger partial charge in [0.15, 0.2) is 0 Å². The zero-order valence-corrected chi connectivity index (χ0v) is 12.9. The van der Waals surface area contributed by atoms with Gasteiger partial charge in [0.05, 0.1) is 23.0 Å². The Bertz CT molecular complexity index is 851. The number of nitrogens with zero attached hydrogens (tertiary/aromatic N) is 3. The predicted octanol–water partition coefficient (Wildman–Crippen LogP) is 2.69. The fraction of sp³-hybridized carbons (Fsp3) is 0.235. The third-order valence-corrected chi connectivity index (χ3v) is 3.81. The molecule has 1 aromatic carbocycles. The number of carbonyl (C=O) groups excluding carboxylic acids is 1. The van der Waals surface area contributed by atoms with Crippen molar-refractivity contribution in [3.63, 3.8) is 0 Å². The lowest BCUT2D eigenvalue weighted by molar-refractivity contribution is 0.0957. The predicted molar refractivity (Wildman–Crippen MR) is 86.7 cm³/mol. The Labute approximate surface area is 129 Å². The number of nitrogens with one attached hydrogen (secondary N) is 1. The van der Waals surface area contributed by atoms with E-state index in [1.807, 2.05) is 51.2 Å². The zero-order chi connectivity index (χ0) is 15.7. The molecule has 0 aliphatic carbocycles. The molecule has 2 heterocycles. The number of aryl methyl sites for hydroxylation is 1. The Morgan fingerprint density at radius 3 is 2.77 bits per heavy atom. The number of carbonyl (C=O) groups is 1. The Hall–Kier alpha value is -2.69. The minimum Gasteiger partial charge on any atom is -0.352 e. The van der Waals surface area contributed by atoms with Gasteiger partial charge in [-0.3, -0.25) is 9.48 Å². The summed E-state index contributed by atoms with van der Waals surface area (Å²) in [4.78, 5) is 17.1. The van der Waals surface area contributed by atoms with Crippen molar-refractivity contribution >= 4 is 16.8 Å². The van der Waals surface area contributed by atoms with Crippen LogP contribution in [0.3, 0.4) is 0 Å². The third-order valence-electron chi connectivity index (χ3n) is 3.81. The maximum atomic E-state index is 12.4. The first-order valence-corrected chi connectivity index (χ1v) is 7.28. The molecular formula is C17H18N4O. The van der Waals surface area contributed by atoms with Crippen LogP contribution in [-0.2, 0) is 7.05 Å². The number of pyridine rings is 1. The zero-order valence-electron chi connectivity index (χ0n) is 12.9. The number of hydrogen-bond acceptors (Lipinski definition) is 3. The molecule has 0 aliphatic heterocycles. The van der Waals surface area contributed by atoms with Crippen molar-refractivity contribution in [3.8, 4) is 11.3 Å². The number of benzene rings is 1. The fourth-order valence-corrected chi connectivity index (χ4v) is 2.51. The Balaban J connectivity index is 2.25. The van der Waals surface area contributed by atoms with Crippen LogP contribution in [0.15, 0.2) is 36.5 Å². The van der Waals surface area contributed by atoms with Gasteiger partial charge in [0.25, 0.3) is 5.91 Å². The van der Waals surface area contributed by atoms with E-state index in [0.29, 0.717) is 12.1 Å². The van der Waals surface area contributed by atoms with Gasteiger partial charge in [0.1, 0.15) is 0 Å². The molecule has 3 aromatic rings. The van der Waals surface area contributed by atoms with Crippen molar-refractivity contribution in [2.75, 3.05) is 6.54 Å². The van der Waals surface area contributed by atoms with Crippen LogP contribution >= 0.6 is 0 Å². The van der Waals surface area contributed by atoms with E-state index in [4.69, 9.17) is 0 Å². The van der Waals surface area contributed by atoms with E-state index in [1.165, 1.54) is 0 Å². The highest BCUT2D eigenvalue weighted by Crippen LogP contribution is 2.26. The van der Waals surface area contributed by atoms with Gasteiger partial charge in [0.2, 0.25) is 0 Å². The van der Waals surface area contributed by atoms with Crippen LogP contribution in [0.2, 0.25) is 0 Å². The number of rotatable bonds is 3. The van der Waals surface area contributed by atoms with Crippen molar-refractivity contribution in [3.05, 3.63) is 47.8 Å². The van der Waals surface area contributed by atoms with Crippen LogP contribution in [-0.4, -0.2) is 27.2 Å². The molecule has 0 saturated carbocycles. The highest BCUT2D eigenvalue weighted by Gasteiger charge is 2.15. The summed E-state index contributed by atoms with van der Waals surface area (Å²) in [5, 5.41) is 7.98. The topological polar surface area (TPSA) is 59.8 Å². The van der Waals surface area contributed by atoms with Crippen LogP contribution in [0, 0.1) is 6.92 Å². The molecule has 0 bridgehead atoms. The summed E-state index contributed by atoms with van der Waals surface area (Å²) in [5.41, 5.74) is 4.18. The van der Waals surface area contributed by atoms with E-state index in [2.05, 4.69) is 15.4 Å². The molecule has 22 heavy (non-hydrogen) atoms. The van der Waals surface area contributed by atoms with Crippen LogP contribution < -0.4 is 5.32 Å². The normalized spacial score (nSPS) is 10.9. The monoisotopic (exact) mass is 294 g/mol. The minimum atomic E-state index is -0.0797. The largest absolute Gasteiger partial charge is 0.352 e. The Morgan fingerprint density at radius 2 is 2.09 bits per heavy atom. The van der Waals surface area contributed by atoms with E-state index < -0.39 is 0 Å². The number of hydrogen-bond donors (Lipinski definition) is 1. The number of aromatic nitrogens is 3. The van der Waals surface area contributed by atoms with E-state index in [-0.39, 0.29) is 5.91 Å². The van der Waals surface area contributed by atoms with Gasteiger partial charge >= 0.3 is 0 Å². The molecule has 2 aromatic heterocycles. The van der Waals surface area contributed by atoms with Crippen LogP contribution in [0.25, 0.3) is 22.2 Å². The summed E-state index contributed by atoms with van der Waals surface area (Å²) >= 11 is 0. The average molecular weight is 294 g/mol. The standard InChI is InChI=1S/C17H18N4O/c1-4-18-17(22)13-9-16(14-10-19-21(3)11(14)2)20-15-8-6-5-7-12(13)15/h5-10H,4H2,1-3H3,(H,18,22). The third kappa shape index (κ3) is 2.35. The molecule has 3 rings (SSSR count). The molecule has 5 heteroatoms. The summed E-state index contributed by atoms with van der Waals surface area (Å²) in [6.07, 6.45) is 1.79. The average Bonchev–Trinajstić information content (AvgIpc) is 2.86. The maximum Gasteiger partial charge on any atom is 0.252 e. The van der Waals surface area contributed by atoms with Gasteiger partial charge in [-0.25, -0.2) is 4.98 Å². The summed E-state index contributed by atoms with van der Waals surface area (Å²) in [7, 11) is 1.89. The van der Waals surface area contributed by atoms with Crippen LogP contribution in [0.4, 0.5) is 0 Å². The second-order valence-corrected chi connectivity index (χ2v) is 5.20. The van der Waals surface area contributed by atoms with Gasteiger partial charge in [-0.2, -0.15) is 5.10 Å². The van der Waals surface area contributed by atoms with Crippen molar-refractivity contribution in [1.82, 2.24) is 20.1 Å². The number of fused-ring (bicyclic) bond motifs is 1. The quantitative estimate of drug-likeness (QED) is 0.808. The van der Waals surface area contributed by atoms with Crippen LogP contribution in [0.5, 0.6) is 0 Å². The molecule has 0 fully saturated rings. The summed E-state index contributed by atoms with van der Waals surface area (Å²) < 4.78 is 1.80. The molecule has 5 nitrogen and oxygen atoms in total. The molecule has 0 saturated heterocycles. The molecule has 112 valence electrons. The Kier molecular flexibility index (Phi) is 3.63. The molecule has 0 spiro atoms. The lowest BCUT2D eigenvalue weighted by Gasteiger charge is -2.09. The lowest BCUT2D eigenvalue weighted by atomic mass is 10.0. The lowest BCUT2D eigenvalue weighted by Crippen LogP contribution is -2.23. The van der Waals surface area contributed by atoms with Crippen molar-refractivity contribution < 1.29 is 4.79 Å². The van der Waals surface area contributed by atoms with Gasteiger partial charge in [0, 0.05) is 30.2 Å². The number of amides is 1. The first kappa shape index (κ1) is 14.3. The van der Waals surface area contributed by atoms with Gasteiger partial charge in [-0.15, -0.1) is 0 Å². The second-order valence-electron chi connectivity index (χ2n) is 5.20. The van der Waals surface area contributed by atoms with E-state index in [0.717, 1.165) is 27.9 Å². The Morgan fingerprint density at radius 1 is 1.32 bits per heavy atom. The van der Waals surface area contributed by atoms with E-state index in [1.54, 1.807) is 10.9 Å². The summed E-state index contributed by atoms with van der Waals surface area (Å²) in [5.74, 6) is -0.0797. The first-order chi connectivity index (χ1) is 10.6.